The molecule has 0 N–H and O–H groups in total. The fourth-order valence-corrected chi connectivity index (χ4v) is 8.27. The number of hydrogen-bond acceptors (Lipinski definition) is 4. The number of amides is 1. The standard InChI is InChI=1S/C24H28BrCl2N5O/c25-22-28-15-32(29-22)24-11-16-7-17(12-24)10-23(9-16,14-24)21(33)31-5-3-30(4-6-31)13-18-1-2-19(26)8-20(18)27/h1-2,8,15-17H,3-7,9-14H2. The lowest BCUT2D eigenvalue weighted by Crippen LogP contribution is -2.62. The van der Waals surface area contributed by atoms with E-state index in [1.165, 1.54) is 6.42 Å². The molecule has 2 atom stereocenters. The summed E-state index contributed by atoms with van der Waals surface area (Å²) in [6.45, 7) is 4.09. The molecule has 5 aliphatic rings. The molecule has 2 aromatic rings. The molecule has 2 unspecified atom stereocenters. The van der Waals surface area contributed by atoms with Gasteiger partial charge in [-0.3, -0.25) is 9.69 Å². The number of rotatable bonds is 4. The summed E-state index contributed by atoms with van der Waals surface area (Å²) in [5.74, 6) is 1.61. The van der Waals surface area contributed by atoms with E-state index >= 15 is 0 Å². The summed E-state index contributed by atoms with van der Waals surface area (Å²) >= 11 is 15.8. The molecule has 9 heteroatoms. The zero-order chi connectivity index (χ0) is 22.8. The fourth-order valence-electron chi connectivity index (χ4n) is 7.54. The van der Waals surface area contributed by atoms with Crippen LogP contribution in [-0.2, 0) is 16.9 Å². The monoisotopic (exact) mass is 551 g/mol. The van der Waals surface area contributed by atoms with E-state index in [4.69, 9.17) is 23.2 Å². The highest BCUT2D eigenvalue weighted by atomic mass is 79.9. The van der Waals surface area contributed by atoms with E-state index in [0.717, 1.165) is 70.4 Å². The highest BCUT2D eigenvalue weighted by Gasteiger charge is 2.62. The van der Waals surface area contributed by atoms with Gasteiger partial charge in [0.05, 0.1) is 11.0 Å². The largest absolute Gasteiger partial charge is 0.340 e. The van der Waals surface area contributed by atoms with Crippen molar-refractivity contribution in [2.24, 2.45) is 17.3 Å². The summed E-state index contributed by atoms with van der Waals surface area (Å²) in [6, 6.07) is 5.69. The van der Waals surface area contributed by atoms with Gasteiger partial charge < -0.3 is 4.90 Å². The predicted molar refractivity (Wildman–Crippen MR) is 131 cm³/mol. The topological polar surface area (TPSA) is 54.3 Å². The van der Waals surface area contributed by atoms with Crippen LogP contribution in [0.2, 0.25) is 10.0 Å². The van der Waals surface area contributed by atoms with Crippen LogP contribution < -0.4 is 0 Å². The van der Waals surface area contributed by atoms with E-state index in [1.54, 1.807) is 6.07 Å². The third kappa shape index (κ3) is 3.93. The molecule has 5 fully saturated rings. The lowest BCUT2D eigenvalue weighted by Gasteiger charge is -2.61. The van der Waals surface area contributed by atoms with E-state index < -0.39 is 0 Å². The Hall–Kier alpha value is -1.15. The molecular weight excluding hydrogens is 525 g/mol. The molecule has 1 amide bonds. The van der Waals surface area contributed by atoms with Crippen molar-refractivity contribution < 1.29 is 4.79 Å². The van der Waals surface area contributed by atoms with Gasteiger partial charge in [-0.25, -0.2) is 9.67 Å². The van der Waals surface area contributed by atoms with Crippen LogP contribution in [0, 0.1) is 17.3 Å². The Morgan fingerprint density at radius 3 is 2.45 bits per heavy atom. The van der Waals surface area contributed by atoms with Gasteiger partial charge in [0.15, 0.2) is 0 Å². The molecule has 6 nitrogen and oxygen atoms in total. The lowest BCUT2D eigenvalue weighted by atomic mass is 9.46. The van der Waals surface area contributed by atoms with Crippen molar-refractivity contribution in [2.75, 3.05) is 26.2 Å². The van der Waals surface area contributed by atoms with Gasteiger partial charge in [-0.05, 0) is 84.0 Å². The Kier molecular flexibility index (Phi) is 5.56. The van der Waals surface area contributed by atoms with E-state index in [-0.39, 0.29) is 11.0 Å². The second-order valence-corrected chi connectivity index (χ2v) is 12.3. The minimum Gasteiger partial charge on any atom is -0.340 e. The van der Waals surface area contributed by atoms with Crippen molar-refractivity contribution in [2.45, 2.75) is 50.6 Å². The fraction of sp³-hybridized carbons (Fsp3) is 0.625. The Labute approximate surface area is 212 Å². The molecule has 1 saturated heterocycles. The lowest BCUT2D eigenvalue weighted by molar-refractivity contribution is -0.168. The molecule has 0 radical (unpaired) electrons. The number of piperazine rings is 1. The van der Waals surface area contributed by atoms with E-state index in [1.807, 2.05) is 18.5 Å². The van der Waals surface area contributed by atoms with E-state index in [2.05, 4.69) is 40.5 Å². The summed E-state index contributed by atoms with van der Waals surface area (Å²) in [5.41, 5.74) is 0.804. The Morgan fingerprint density at radius 2 is 1.82 bits per heavy atom. The van der Waals surface area contributed by atoms with Crippen LogP contribution in [0.3, 0.4) is 0 Å². The van der Waals surface area contributed by atoms with Gasteiger partial charge in [0.1, 0.15) is 6.33 Å². The Balaban J connectivity index is 1.16. The molecule has 2 heterocycles. The Morgan fingerprint density at radius 1 is 1.09 bits per heavy atom. The van der Waals surface area contributed by atoms with Gasteiger partial charge in [0.25, 0.3) is 0 Å². The molecule has 4 bridgehead atoms. The van der Waals surface area contributed by atoms with Crippen LogP contribution in [0.4, 0.5) is 0 Å². The molecule has 0 spiro atoms. The van der Waals surface area contributed by atoms with Crippen LogP contribution >= 0.6 is 39.1 Å². The van der Waals surface area contributed by atoms with Crippen molar-refractivity contribution >= 4 is 45.0 Å². The average Bonchev–Trinajstić information content (AvgIpc) is 3.22. The van der Waals surface area contributed by atoms with Crippen LogP contribution in [0.25, 0.3) is 0 Å². The van der Waals surface area contributed by atoms with Gasteiger partial charge in [0.2, 0.25) is 10.6 Å². The molecule has 7 rings (SSSR count). The van der Waals surface area contributed by atoms with Gasteiger partial charge in [-0.1, -0.05) is 29.3 Å². The third-order valence-electron chi connectivity index (χ3n) is 8.50. The molecular formula is C24H28BrCl2N5O. The zero-order valence-electron chi connectivity index (χ0n) is 18.5. The van der Waals surface area contributed by atoms with Gasteiger partial charge >= 0.3 is 0 Å². The van der Waals surface area contributed by atoms with E-state index in [9.17, 15) is 4.79 Å². The van der Waals surface area contributed by atoms with Crippen molar-refractivity contribution in [1.82, 2.24) is 24.6 Å². The number of nitrogens with zero attached hydrogens (tertiary/aromatic N) is 5. The van der Waals surface area contributed by atoms with Gasteiger partial charge in [-0.2, -0.15) is 0 Å². The summed E-state index contributed by atoms with van der Waals surface area (Å²) in [6.07, 6.45) is 8.37. The van der Waals surface area contributed by atoms with Gasteiger partial charge in [-0.15, -0.1) is 5.10 Å². The second-order valence-electron chi connectivity index (χ2n) is 10.7. The number of benzene rings is 1. The maximum Gasteiger partial charge on any atom is 0.228 e. The number of halogens is 3. The highest BCUT2D eigenvalue weighted by Crippen LogP contribution is 2.64. The third-order valence-corrected chi connectivity index (χ3v) is 9.45. The first-order chi connectivity index (χ1) is 15.8. The van der Waals surface area contributed by atoms with Crippen LogP contribution in [0.5, 0.6) is 0 Å². The number of aromatic nitrogens is 3. The SMILES string of the molecule is O=C(N1CCN(Cc2ccc(Cl)cc2Cl)CC1)C12CC3CC(C1)CC(n1cnc(Br)n1)(C3)C2. The zero-order valence-corrected chi connectivity index (χ0v) is 21.6. The average molecular weight is 553 g/mol. The van der Waals surface area contributed by atoms with Crippen LogP contribution in [0.1, 0.15) is 44.1 Å². The molecule has 1 aromatic carbocycles. The van der Waals surface area contributed by atoms with Crippen molar-refractivity contribution in [3.63, 3.8) is 0 Å². The highest BCUT2D eigenvalue weighted by molar-refractivity contribution is 9.10. The molecule has 33 heavy (non-hydrogen) atoms. The first kappa shape index (κ1) is 22.3. The van der Waals surface area contributed by atoms with Crippen LogP contribution in [0.15, 0.2) is 29.3 Å². The van der Waals surface area contributed by atoms with Gasteiger partial charge in [0, 0.05) is 42.8 Å². The first-order valence-electron chi connectivity index (χ1n) is 11.9. The predicted octanol–water partition coefficient (Wildman–Crippen LogP) is 4.99. The van der Waals surface area contributed by atoms with Crippen molar-refractivity contribution in [3.8, 4) is 0 Å². The summed E-state index contributed by atoms with van der Waals surface area (Å²) < 4.78 is 2.71. The van der Waals surface area contributed by atoms with E-state index in [0.29, 0.717) is 32.5 Å². The van der Waals surface area contributed by atoms with Crippen LogP contribution in [-0.4, -0.2) is 56.7 Å². The number of carbonyl (C=O) groups is 1. The number of hydrogen-bond donors (Lipinski definition) is 0. The second kappa shape index (κ2) is 8.21. The Bertz CT molecular complexity index is 1070. The first-order valence-corrected chi connectivity index (χ1v) is 13.4. The summed E-state index contributed by atoms with van der Waals surface area (Å²) in [4.78, 5) is 22.9. The minimum absolute atomic E-state index is 0.0497. The maximum atomic E-state index is 14.0. The molecule has 1 aliphatic heterocycles. The van der Waals surface area contributed by atoms with Crippen molar-refractivity contribution in [3.05, 3.63) is 44.9 Å². The van der Waals surface area contributed by atoms with Crippen molar-refractivity contribution in [1.29, 1.82) is 0 Å². The molecule has 176 valence electrons. The summed E-state index contributed by atoms with van der Waals surface area (Å²) in [5, 5.41) is 6.00. The quantitative estimate of drug-likeness (QED) is 0.536. The maximum absolute atomic E-state index is 14.0. The molecule has 4 aliphatic carbocycles. The summed E-state index contributed by atoms with van der Waals surface area (Å²) in [7, 11) is 0. The minimum atomic E-state index is -0.232. The smallest absolute Gasteiger partial charge is 0.228 e. The normalized spacial score (nSPS) is 33.6. The number of carbonyl (C=O) groups excluding carboxylic acids is 1. The molecule has 1 aromatic heterocycles. The molecule has 4 saturated carbocycles.